The van der Waals surface area contributed by atoms with Crippen LogP contribution in [0.4, 0.5) is 19.3 Å². The molecule has 0 unspecified atom stereocenters. The first-order valence-electron chi connectivity index (χ1n) is 16.0. The third kappa shape index (κ3) is 10.4. The standard InChI is InChI=1S/C34H39ClF2N4O8/c35-29-6-2-1-5-24(29)22-40(27-8-9-27)33(42)31-23-38(34(43)48-17-3-4-18-49-41(44)45)15-16-39(31)26-10-12-28(13-11-26)46-19-20-47-32-21-25(36)7-14-30(32)37/h1-2,5-7,10-14,21,27,31,44-45H,3-4,8-9,15-20,22-23H2/t31-/m1/s1. The van der Waals surface area contributed by atoms with Gasteiger partial charge in [-0.1, -0.05) is 29.8 Å². The Morgan fingerprint density at radius 1 is 0.898 bits per heavy atom. The van der Waals surface area contributed by atoms with Crippen molar-refractivity contribution in [1.29, 1.82) is 0 Å². The zero-order valence-corrected chi connectivity index (χ0v) is 27.5. The minimum Gasteiger partial charge on any atom is -0.490 e. The number of carbonyl (C=O) groups is 2. The van der Waals surface area contributed by atoms with Gasteiger partial charge >= 0.3 is 6.09 Å². The quantitative estimate of drug-likeness (QED) is 0.142. The molecule has 15 heteroatoms. The fourth-order valence-corrected chi connectivity index (χ4v) is 5.67. The molecule has 2 fully saturated rings. The van der Waals surface area contributed by atoms with Crippen LogP contribution in [0, 0.1) is 11.6 Å². The molecule has 2 amide bonds. The lowest BCUT2D eigenvalue weighted by atomic mass is 10.1. The molecule has 3 aromatic rings. The normalized spacial score (nSPS) is 16.1. The van der Waals surface area contributed by atoms with Gasteiger partial charge in [-0.15, -0.1) is 0 Å². The van der Waals surface area contributed by atoms with Crippen LogP contribution in [0.1, 0.15) is 31.2 Å². The molecule has 0 aromatic heterocycles. The number of anilines is 1. The average Bonchev–Trinajstić information content (AvgIpc) is 3.94. The second-order valence-electron chi connectivity index (χ2n) is 11.6. The first-order chi connectivity index (χ1) is 23.7. The third-order valence-electron chi connectivity index (χ3n) is 8.14. The van der Waals surface area contributed by atoms with Gasteiger partial charge in [0.2, 0.25) is 5.91 Å². The van der Waals surface area contributed by atoms with Crippen molar-refractivity contribution in [3.8, 4) is 11.5 Å². The molecular formula is C34H39ClF2N4O8. The summed E-state index contributed by atoms with van der Waals surface area (Å²) in [5.41, 5.74) is 1.59. The molecule has 0 radical (unpaired) electrons. The summed E-state index contributed by atoms with van der Waals surface area (Å²) in [7, 11) is 0. The highest BCUT2D eigenvalue weighted by molar-refractivity contribution is 6.31. The molecule has 1 aliphatic carbocycles. The van der Waals surface area contributed by atoms with E-state index in [1.165, 1.54) is 4.90 Å². The van der Waals surface area contributed by atoms with E-state index in [1.54, 1.807) is 18.2 Å². The first-order valence-corrected chi connectivity index (χ1v) is 16.4. The van der Waals surface area contributed by atoms with E-state index in [-0.39, 0.29) is 56.1 Å². The van der Waals surface area contributed by atoms with Crippen molar-refractivity contribution < 1.29 is 47.8 Å². The fourth-order valence-electron chi connectivity index (χ4n) is 5.48. The highest BCUT2D eigenvalue weighted by Crippen LogP contribution is 2.33. The molecule has 1 saturated heterocycles. The Kier molecular flexibility index (Phi) is 12.8. The number of halogens is 3. The summed E-state index contributed by atoms with van der Waals surface area (Å²) < 4.78 is 43.7. The molecule has 2 aliphatic rings. The first kappa shape index (κ1) is 36.1. The predicted octanol–water partition coefficient (Wildman–Crippen LogP) is 5.69. The summed E-state index contributed by atoms with van der Waals surface area (Å²) >= 11 is 6.47. The molecule has 5 rings (SSSR count). The van der Waals surface area contributed by atoms with E-state index in [4.69, 9.17) is 36.2 Å². The lowest BCUT2D eigenvalue weighted by Crippen LogP contribution is -2.61. The largest absolute Gasteiger partial charge is 0.490 e. The molecule has 264 valence electrons. The molecule has 1 atom stereocenters. The number of unbranched alkanes of at least 4 members (excludes halogenated alkanes) is 1. The van der Waals surface area contributed by atoms with Crippen molar-refractivity contribution in [2.75, 3.05) is 51.0 Å². The van der Waals surface area contributed by atoms with Crippen LogP contribution >= 0.6 is 11.6 Å². The molecule has 1 heterocycles. The Balaban J connectivity index is 1.24. The number of hydrogen-bond acceptors (Lipinski definition) is 10. The van der Waals surface area contributed by atoms with Crippen LogP contribution in [-0.4, -0.2) is 95.8 Å². The number of hydrogen-bond donors (Lipinski definition) is 2. The maximum atomic E-state index is 14.4. The van der Waals surface area contributed by atoms with E-state index in [9.17, 15) is 18.4 Å². The van der Waals surface area contributed by atoms with Gasteiger partial charge < -0.3 is 28.9 Å². The number of benzene rings is 3. The number of nitrogens with zero attached hydrogens (tertiary/aromatic N) is 4. The topological polar surface area (TPSA) is 124 Å². The summed E-state index contributed by atoms with van der Waals surface area (Å²) in [6.07, 6.45) is 2.08. The summed E-state index contributed by atoms with van der Waals surface area (Å²) in [4.78, 5) is 37.3. The number of piperazine rings is 1. The summed E-state index contributed by atoms with van der Waals surface area (Å²) in [6, 6.07) is 16.9. The molecular weight excluding hydrogens is 666 g/mol. The Morgan fingerprint density at radius 3 is 2.37 bits per heavy atom. The molecule has 1 saturated carbocycles. The number of rotatable bonds is 16. The van der Waals surface area contributed by atoms with Gasteiger partial charge in [-0.3, -0.25) is 20.0 Å². The Labute approximate surface area is 287 Å². The lowest BCUT2D eigenvalue weighted by Gasteiger charge is -2.43. The zero-order chi connectivity index (χ0) is 34.8. The monoisotopic (exact) mass is 704 g/mol. The van der Waals surface area contributed by atoms with Crippen LogP contribution in [-0.2, 0) is 20.9 Å². The van der Waals surface area contributed by atoms with E-state index >= 15 is 0 Å². The van der Waals surface area contributed by atoms with Crippen molar-refractivity contribution in [2.45, 2.75) is 44.3 Å². The van der Waals surface area contributed by atoms with Crippen molar-refractivity contribution in [1.82, 2.24) is 15.2 Å². The Hall–Kier alpha value is -4.21. The van der Waals surface area contributed by atoms with Gasteiger partial charge in [0, 0.05) is 42.5 Å². The summed E-state index contributed by atoms with van der Waals surface area (Å²) in [6.45, 7) is 1.34. The lowest BCUT2D eigenvalue weighted by molar-refractivity contribution is -0.492. The molecule has 0 bridgehead atoms. The third-order valence-corrected chi connectivity index (χ3v) is 8.50. The average molecular weight is 705 g/mol. The fraction of sp³-hybridized carbons (Fsp3) is 0.412. The van der Waals surface area contributed by atoms with E-state index in [1.807, 2.05) is 40.1 Å². The van der Waals surface area contributed by atoms with Crippen LogP contribution in [0.15, 0.2) is 66.7 Å². The molecule has 1 aliphatic heterocycles. The van der Waals surface area contributed by atoms with Crippen molar-refractivity contribution in [2.24, 2.45) is 0 Å². The van der Waals surface area contributed by atoms with Gasteiger partial charge in [0.25, 0.3) is 0 Å². The number of amides is 2. The molecule has 3 aromatic carbocycles. The van der Waals surface area contributed by atoms with Crippen LogP contribution in [0.2, 0.25) is 5.02 Å². The van der Waals surface area contributed by atoms with E-state index in [2.05, 4.69) is 4.84 Å². The molecule has 49 heavy (non-hydrogen) atoms. The molecule has 2 N–H and O–H groups in total. The van der Waals surface area contributed by atoms with E-state index < -0.39 is 23.8 Å². The second kappa shape index (κ2) is 17.4. The van der Waals surface area contributed by atoms with Crippen LogP contribution in [0.3, 0.4) is 0 Å². The Morgan fingerprint density at radius 2 is 1.63 bits per heavy atom. The highest BCUT2D eigenvalue weighted by atomic mass is 35.5. The minimum atomic E-state index is -0.709. The number of carbonyl (C=O) groups excluding carboxylic acids is 2. The van der Waals surface area contributed by atoms with E-state index in [0.29, 0.717) is 43.2 Å². The van der Waals surface area contributed by atoms with Gasteiger partial charge in [0.1, 0.15) is 30.8 Å². The van der Waals surface area contributed by atoms with E-state index in [0.717, 1.165) is 42.3 Å². The van der Waals surface area contributed by atoms with Gasteiger partial charge in [-0.2, -0.15) is 0 Å². The maximum absolute atomic E-state index is 14.4. The maximum Gasteiger partial charge on any atom is 0.409 e. The Bertz CT molecular complexity index is 1550. The van der Waals surface area contributed by atoms with Crippen LogP contribution in [0.25, 0.3) is 0 Å². The van der Waals surface area contributed by atoms with Crippen LogP contribution in [0.5, 0.6) is 11.5 Å². The zero-order valence-electron chi connectivity index (χ0n) is 26.8. The SMILES string of the molecule is O=C(OCCCCON(O)O)N1CCN(c2ccc(OCCOc3cc(F)ccc3F)cc2)[C@@H](C(=O)N(Cc2ccccc2Cl)C2CC2)C1. The van der Waals surface area contributed by atoms with Gasteiger partial charge in [0.15, 0.2) is 11.6 Å². The van der Waals surface area contributed by atoms with Gasteiger partial charge in [-0.25, -0.2) is 13.6 Å². The van der Waals surface area contributed by atoms with Crippen molar-refractivity contribution in [3.05, 3.63) is 89.0 Å². The van der Waals surface area contributed by atoms with Crippen molar-refractivity contribution in [3.63, 3.8) is 0 Å². The number of ether oxygens (including phenoxy) is 3. The molecule has 12 nitrogen and oxygen atoms in total. The second-order valence-corrected chi connectivity index (χ2v) is 12.0. The summed E-state index contributed by atoms with van der Waals surface area (Å²) in [5, 5.41) is 17.5. The summed E-state index contributed by atoms with van der Waals surface area (Å²) in [5.74, 6) is -1.07. The van der Waals surface area contributed by atoms with Gasteiger partial charge in [-0.05, 0) is 73.7 Å². The molecule has 0 spiro atoms. The predicted molar refractivity (Wildman–Crippen MR) is 173 cm³/mol. The van der Waals surface area contributed by atoms with Gasteiger partial charge in [0.05, 0.1) is 25.1 Å². The van der Waals surface area contributed by atoms with Crippen LogP contribution < -0.4 is 14.4 Å². The smallest absolute Gasteiger partial charge is 0.409 e. The minimum absolute atomic E-state index is 0.00308. The van der Waals surface area contributed by atoms with Crippen molar-refractivity contribution >= 4 is 29.3 Å². The highest BCUT2D eigenvalue weighted by Gasteiger charge is 2.42.